The predicted octanol–water partition coefficient (Wildman–Crippen LogP) is 2.81. The number of piperidine rings is 1. The van der Waals surface area contributed by atoms with E-state index in [4.69, 9.17) is 9.05 Å². The lowest BCUT2D eigenvalue weighted by Gasteiger charge is -2.31. The Kier molecular flexibility index (Phi) is 3.51. The van der Waals surface area contributed by atoms with E-state index in [1.54, 1.807) is 0 Å². The lowest BCUT2D eigenvalue weighted by Crippen LogP contribution is -2.39. The van der Waals surface area contributed by atoms with Crippen LogP contribution in [0, 0.1) is 6.92 Å². The average Bonchev–Trinajstić information content (AvgIpc) is 3.25. The molecule has 0 N–H and O–H groups in total. The molecule has 4 heterocycles. The summed E-state index contributed by atoms with van der Waals surface area (Å²) >= 11 is 0. The largest absolute Gasteiger partial charge is 0.343 e. The summed E-state index contributed by atoms with van der Waals surface area (Å²) in [4.78, 5) is 23.9. The van der Waals surface area contributed by atoms with Crippen molar-refractivity contribution in [3.8, 4) is 0 Å². The maximum Gasteiger partial charge on any atom is 0.259 e. The van der Waals surface area contributed by atoms with Gasteiger partial charge in [0.1, 0.15) is 0 Å². The van der Waals surface area contributed by atoms with E-state index in [0.717, 1.165) is 43.3 Å². The fourth-order valence-electron chi connectivity index (χ4n) is 3.77. The second kappa shape index (κ2) is 5.89. The fraction of sp³-hybridized carbons (Fsp3) is 0.500. The van der Waals surface area contributed by atoms with Crippen molar-refractivity contribution in [2.75, 3.05) is 13.1 Å². The molecule has 134 valence electrons. The Morgan fingerprint density at radius 3 is 2.88 bits per heavy atom. The van der Waals surface area contributed by atoms with Gasteiger partial charge in [0.05, 0.1) is 16.6 Å². The second-order valence-electron chi connectivity index (χ2n) is 7.20. The van der Waals surface area contributed by atoms with Crippen molar-refractivity contribution in [3.63, 3.8) is 0 Å². The Bertz CT molecular complexity index is 961. The quantitative estimate of drug-likeness (QED) is 0.714. The van der Waals surface area contributed by atoms with Crippen molar-refractivity contribution in [1.82, 2.24) is 25.2 Å². The standard InChI is InChI=1S/C18H19N5O3/c1-10-15-13(7-14(11-4-5-11)20-17(15)26-21-10)18(24)23-6-2-3-12(8-23)16-19-9-25-22-16/h7,9,11-12H,2-6,8H2,1H3/t12-/m0/s1. The van der Waals surface area contributed by atoms with Gasteiger partial charge < -0.3 is 13.9 Å². The number of likely N-dealkylation sites (tertiary alicyclic amines) is 1. The van der Waals surface area contributed by atoms with Gasteiger partial charge >= 0.3 is 0 Å². The van der Waals surface area contributed by atoms with Gasteiger partial charge in [-0.15, -0.1) is 0 Å². The minimum atomic E-state index is -0.00112. The molecule has 2 aliphatic rings. The number of amides is 1. The van der Waals surface area contributed by atoms with E-state index in [-0.39, 0.29) is 11.8 Å². The highest BCUT2D eigenvalue weighted by Gasteiger charge is 2.32. The number of carbonyl (C=O) groups is 1. The molecule has 1 aliphatic heterocycles. The molecule has 8 heteroatoms. The number of pyridine rings is 1. The monoisotopic (exact) mass is 353 g/mol. The highest BCUT2D eigenvalue weighted by atomic mass is 16.5. The van der Waals surface area contributed by atoms with Gasteiger partial charge in [0, 0.05) is 30.6 Å². The molecule has 3 aromatic rings. The molecule has 0 unspecified atom stereocenters. The van der Waals surface area contributed by atoms with E-state index < -0.39 is 0 Å². The number of hydrogen-bond acceptors (Lipinski definition) is 7. The topological polar surface area (TPSA) is 98.2 Å². The zero-order chi connectivity index (χ0) is 17.7. The number of hydrogen-bond donors (Lipinski definition) is 0. The van der Waals surface area contributed by atoms with Crippen LogP contribution in [0.3, 0.4) is 0 Å². The number of nitrogens with zero attached hydrogens (tertiary/aromatic N) is 5. The van der Waals surface area contributed by atoms with Crippen LogP contribution < -0.4 is 0 Å². The van der Waals surface area contributed by atoms with Crippen LogP contribution in [0.25, 0.3) is 11.1 Å². The molecule has 1 saturated heterocycles. The highest BCUT2D eigenvalue weighted by Crippen LogP contribution is 2.40. The first kappa shape index (κ1) is 15.5. The van der Waals surface area contributed by atoms with Crippen LogP contribution in [0.5, 0.6) is 0 Å². The van der Waals surface area contributed by atoms with Crippen molar-refractivity contribution in [2.45, 2.75) is 44.4 Å². The molecule has 1 atom stereocenters. The van der Waals surface area contributed by atoms with Gasteiger partial charge in [0.2, 0.25) is 6.39 Å². The third kappa shape index (κ3) is 2.56. The van der Waals surface area contributed by atoms with E-state index in [2.05, 4.69) is 20.3 Å². The predicted molar refractivity (Wildman–Crippen MR) is 90.7 cm³/mol. The first-order chi connectivity index (χ1) is 12.7. The Morgan fingerprint density at radius 2 is 2.12 bits per heavy atom. The van der Waals surface area contributed by atoms with Gasteiger partial charge in [0.15, 0.2) is 5.82 Å². The lowest BCUT2D eigenvalue weighted by molar-refractivity contribution is 0.0705. The minimum Gasteiger partial charge on any atom is -0.343 e. The second-order valence-corrected chi connectivity index (χ2v) is 7.20. The van der Waals surface area contributed by atoms with Gasteiger partial charge in [-0.1, -0.05) is 10.3 Å². The van der Waals surface area contributed by atoms with E-state index in [0.29, 0.717) is 35.3 Å². The van der Waals surface area contributed by atoms with Crippen LogP contribution in [0.1, 0.15) is 65.1 Å². The number of fused-ring (bicyclic) bond motifs is 1. The number of aromatic nitrogens is 4. The Balaban J connectivity index is 1.50. The van der Waals surface area contributed by atoms with Crippen LogP contribution in [0.4, 0.5) is 0 Å². The van der Waals surface area contributed by atoms with Crippen molar-refractivity contribution >= 4 is 17.0 Å². The molecular weight excluding hydrogens is 334 g/mol. The lowest BCUT2D eigenvalue weighted by atomic mass is 9.96. The molecule has 0 aromatic carbocycles. The molecule has 26 heavy (non-hydrogen) atoms. The summed E-state index contributed by atoms with van der Waals surface area (Å²) in [5, 5.41) is 8.69. The summed E-state index contributed by atoms with van der Waals surface area (Å²) in [6.45, 7) is 3.16. The van der Waals surface area contributed by atoms with E-state index in [9.17, 15) is 4.79 Å². The number of rotatable bonds is 3. The van der Waals surface area contributed by atoms with Crippen LogP contribution in [0.15, 0.2) is 21.5 Å². The summed E-state index contributed by atoms with van der Waals surface area (Å²) in [6.07, 6.45) is 5.43. The van der Waals surface area contributed by atoms with Crippen LogP contribution in [-0.2, 0) is 0 Å². The summed E-state index contributed by atoms with van der Waals surface area (Å²) in [5.41, 5.74) is 2.74. The van der Waals surface area contributed by atoms with Gasteiger partial charge in [0.25, 0.3) is 11.6 Å². The average molecular weight is 353 g/mol. The van der Waals surface area contributed by atoms with Crippen LogP contribution in [-0.4, -0.2) is 44.2 Å². The van der Waals surface area contributed by atoms with E-state index >= 15 is 0 Å². The van der Waals surface area contributed by atoms with E-state index in [1.807, 2.05) is 17.9 Å². The fourth-order valence-corrected chi connectivity index (χ4v) is 3.77. The summed E-state index contributed by atoms with van der Waals surface area (Å²) < 4.78 is 10.2. The molecule has 0 bridgehead atoms. The van der Waals surface area contributed by atoms with Crippen molar-refractivity contribution in [3.05, 3.63) is 35.2 Å². The van der Waals surface area contributed by atoms with Gasteiger partial charge in [-0.05, 0) is 38.7 Å². The SMILES string of the molecule is Cc1noc2nc(C3CC3)cc(C(=O)N3CCC[C@H](c4ncon4)C3)c12. The molecular formula is C18H19N5O3. The Labute approximate surface area is 149 Å². The molecule has 1 amide bonds. The molecule has 5 rings (SSSR count). The zero-order valence-corrected chi connectivity index (χ0v) is 14.5. The first-order valence-electron chi connectivity index (χ1n) is 9.03. The molecule has 1 saturated carbocycles. The van der Waals surface area contributed by atoms with Crippen molar-refractivity contribution in [2.24, 2.45) is 0 Å². The minimum absolute atomic E-state index is 0.00112. The van der Waals surface area contributed by atoms with Crippen LogP contribution in [0.2, 0.25) is 0 Å². The molecule has 2 fully saturated rings. The van der Waals surface area contributed by atoms with Gasteiger partial charge in [-0.3, -0.25) is 4.79 Å². The van der Waals surface area contributed by atoms with Crippen molar-refractivity contribution in [1.29, 1.82) is 0 Å². The zero-order valence-electron chi connectivity index (χ0n) is 14.5. The smallest absolute Gasteiger partial charge is 0.259 e. The normalized spacial score (nSPS) is 20.7. The molecule has 0 radical (unpaired) electrons. The van der Waals surface area contributed by atoms with Crippen molar-refractivity contribution < 1.29 is 13.8 Å². The Morgan fingerprint density at radius 1 is 1.23 bits per heavy atom. The first-order valence-corrected chi connectivity index (χ1v) is 9.03. The highest BCUT2D eigenvalue weighted by molar-refractivity contribution is 6.06. The third-order valence-electron chi connectivity index (χ3n) is 5.32. The van der Waals surface area contributed by atoms with E-state index in [1.165, 1.54) is 6.39 Å². The maximum absolute atomic E-state index is 13.3. The maximum atomic E-state index is 13.3. The van der Waals surface area contributed by atoms with Crippen LogP contribution >= 0.6 is 0 Å². The summed E-state index contributed by atoms with van der Waals surface area (Å²) in [6, 6.07) is 1.94. The number of carbonyl (C=O) groups excluding carboxylic acids is 1. The summed E-state index contributed by atoms with van der Waals surface area (Å²) in [5.74, 6) is 1.21. The number of aryl methyl sites for hydroxylation is 1. The summed E-state index contributed by atoms with van der Waals surface area (Å²) in [7, 11) is 0. The Hall–Kier alpha value is -2.77. The van der Waals surface area contributed by atoms with Gasteiger partial charge in [-0.2, -0.15) is 4.98 Å². The molecule has 8 nitrogen and oxygen atoms in total. The third-order valence-corrected chi connectivity index (χ3v) is 5.32. The van der Waals surface area contributed by atoms with Gasteiger partial charge in [-0.25, -0.2) is 4.98 Å². The molecule has 3 aromatic heterocycles. The molecule has 0 spiro atoms. The molecule has 1 aliphatic carbocycles.